The summed E-state index contributed by atoms with van der Waals surface area (Å²) in [6.45, 7) is 15.6. The van der Waals surface area contributed by atoms with Crippen LogP contribution in [0.4, 0.5) is 0 Å². The van der Waals surface area contributed by atoms with Gasteiger partial charge in [-0.15, -0.1) is 0 Å². The monoisotopic (exact) mass is 297 g/mol. The number of nitrogens with zero attached hydrogens (tertiary/aromatic N) is 1. The molecule has 21 heavy (non-hydrogen) atoms. The molecule has 1 aliphatic heterocycles. The third-order valence-electron chi connectivity index (χ3n) is 4.04. The standard InChI is InChI=1S/C18H35NO2/c1-17(2,3)11-7-8-16(20)19-12-9-15(10-13-19)14-21-18(4,5)6/h15H,7-14H2,1-6H3. The van der Waals surface area contributed by atoms with E-state index < -0.39 is 0 Å². The smallest absolute Gasteiger partial charge is 0.222 e. The average molecular weight is 297 g/mol. The summed E-state index contributed by atoms with van der Waals surface area (Å²) in [4.78, 5) is 14.3. The van der Waals surface area contributed by atoms with E-state index in [1.165, 1.54) is 0 Å². The SMILES string of the molecule is CC(C)(C)CCCC(=O)N1CCC(COC(C)(C)C)CC1. The Balaban J connectivity index is 2.21. The van der Waals surface area contributed by atoms with Crippen molar-refractivity contribution in [3.05, 3.63) is 0 Å². The summed E-state index contributed by atoms with van der Waals surface area (Å²) < 4.78 is 5.86. The third-order valence-corrected chi connectivity index (χ3v) is 4.04. The van der Waals surface area contributed by atoms with E-state index >= 15 is 0 Å². The highest BCUT2D eigenvalue weighted by atomic mass is 16.5. The van der Waals surface area contributed by atoms with Gasteiger partial charge in [0.05, 0.1) is 12.2 Å². The molecule has 1 amide bonds. The lowest BCUT2D eigenvalue weighted by Gasteiger charge is -2.33. The molecule has 0 saturated carbocycles. The van der Waals surface area contributed by atoms with Gasteiger partial charge in [-0.3, -0.25) is 4.79 Å². The predicted molar refractivity (Wildman–Crippen MR) is 88.3 cm³/mol. The van der Waals surface area contributed by atoms with Crippen LogP contribution in [-0.2, 0) is 9.53 Å². The molecule has 1 fully saturated rings. The maximum atomic E-state index is 12.2. The Hall–Kier alpha value is -0.570. The maximum absolute atomic E-state index is 12.2. The summed E-state index contributed by atoms with van der Waals surface area (Å²) in [6, 6.07) is 0. The average Bonchev–Trinajstić information content (AvgIpc) is 2.34. The van der Waals surface area contributed by atoms with E-state index in [1.807, 2.05) is 0 Å². The molecule has 1 saturated heterocycles. The van der Waals surface area contributed by atoms with Gasteiger partial charge >= 0.3 is 0 Å². The van der Waals surface area contributed by atoms with Crippen molar-refractivity contribution in [2.24, 2.45) is 11.3 Å². The van der Waals surface area contributed by atoms with Gasteiger partial charge in [0, 0.05) is 19.5 Å². The number of hydrogen-bond donors (Lipinski definition) is 0. The molecule has 0 aliphatic carbocycles. The van der Waals surface area contributed by atoms with E-state index in [1.54, 1.807) is 0 Å². The van der Waals surface area contributed by atoms with Crippen molar-refractivity contribution in [2.75, 3.05) is 19.7 Å². The van der Waals surface area contributed by atoms with E-state index in [0.29, 0.717) is 23.7 Å². The first-order valence-corrected chi connectivity index (χ1v) is 8.48. The van der Waals surface area contributed by atoms with Gasteiger partial charge in [-0.05, 0) is 57.8 Å². The minimum atomic E-state index is -0.0556. The first-order chi connectivity index (χ1) is 9.57. The molecular formula is C18H35NO2. The molecule has 3 nitrogen and oxygen atoms in total. The molecule has 0 radical (unpaired) electrons. The van der Waals surface area contributed by atoms with Gasteiger partial charge in [-0.25, -0.2) is 0 Å². The number of amides is 1. The van der Waals surface area contributed by atoms with E-state index in [-0.39, 0.29) is 5.60 Å². The van der Waals surface area contributed by atoms with Crippen LogP contribution in [0.1, 0.15) is 73.6 Å². The van der Waals surface area contributed by atoms with Crippen molar-refractivity contribution < 1.29 is 9.53 Å². The molecule has 1 aliphatic rings. The van der Waals surface area contributed by atoms with Gasteiger partial charge in [0.15, 0.2) is 0 Å². The Labute approximate surface area is 131 Å². The molecule has 0 unspecified atom stereocenters. The zero-order valence-corrected chi connectivity index (χ0v) is 15.0. The lowest BCUT2D eigenvalue weighted by atomic mass is 9.89. The molecule has 0 bridgehead atoms. The Morgan fingerprint density at radius 1 is 1.10 bits per heavy atom. The zero-order chi connectivity index (χ0) is 16.1. The van der Waals surface area contributed by atoms with Crippen LogP contribution in [0.5, 0.6) is 0 Å². The van der Waals surface area contributed by atoms with Crippen LogP contribution in [0, 0.1) is 11.3 Å². The van der Waals surface area contributed by atoms with Gasteiger partial charge in [-0.2, -0.15) is 0 Å². The molecule has 124 valence electrons. The van der Waals surface area contributed by atoms with Crippen LogP contribution in [0.2, 0.25) is 0 Å². The van der Waals surface area contributed by atoms with Crippen molar-refractivity contribution in [3.8, 4) is 0 Å². The summed E-state index contributed by atoms with van der Waals surface area (Å²) >= 11 is 0. The molecule has 1 heterocycles. The van der Waals surface area contributed by atoms with Crippen molar-refractivity contribution in [1.82, 2.24) is 4.90 Å². The topological polar surface area (TPSA) is 29.5 Å². The van der Waals surface area contributed by atoms with E-state index in [4.69, 9.17) is 4.74 Å². The summed E-state index contributed by atoms with van der Waals surface area (Å²) in [5.41, 5.74) is 0.275. The highest BCUT2D eigenvalue weighted by molar-refractivity contribution is 5.76. The van der Waals surface area contributed by atoms with Crippen molar-refractivity contribution in [2.45, 2.75) is 79.2 Å². The van der Waals surface area contributed by atoms with Gasteiger partial charge in [0.1, 0.15) is 0 Å². The Kier molecular flexibility index (Phi) is 6.71. The Bertz CT molecular complexity index is 317. The van der Waals surface area contributed by atoms with Crippen molar-refractivity contribution in [1.29, 1.82) is 0 Å². The lowest BCUT2D eigenvalue weighted by molar-refractivity contribution is -0.133. The second kappa shape index (κ2) is 7.62. The highest BCUT2D eigenvalue weighted by Crippen LogP contribution is 2.23. The minimum absolute atomic E-state index is 0.0556. The van der Waals surface area contributed by atoms with Crippen LogP contribution >= 0.6 is 0 Å². The van der Waals surface area contributed by atoms with Crippen molar-refractivity contribution >= 4 is 5.91 Å². The van der Waals surface area contributed by atoms with E-state index in [0.717, 1.165) is 45.4 Å². The summed E-state index contributed by atoms with van der Waals surface area (Å²) in [5, 5.41) is 0. The largest absolute Gasteiger partial charge is 0.376 e. The molecule has 1 rings (SSSR count). The molecule has 0 spiro atoms. The highest BCUT2D eigenvalue weighted by Gasteiger charge is 2.24. The fourth-order valence-electron chi connectivity index (χ4n) is 2.64. The van der Waals surface area contributed by atoms with Crippen LogP contribution in [0.15, 0.2) is 0 Å². The number of likely N-dealkylation sites (tertiary alicyclic amines) is 1. The quantitative estimate of drug-likeness (QED) is 0.759. The number of carbonyl (C=O) groups is 1. The summed E-state index contributed by atoms with van der Waals surface area (Å²) in [7, 11) is 0. The molecule has 3 heteroatoms. The normalized spacial score (nSPS) is 18.1. The number of carbonyl (C=O) groups excluding carboxylic acids is 1. The molecule has 0 N–H and O–H groups in total. The van der Waals surface area contributed by atoms with Crippen LogP contribution in [-0.4, -0.2) is 36.1 Å². The van der Waals surface area contributed by atoms with E-state index in [9.17, 15) is 4.79 Å². The number of piperidine rings is 1. The molecule has 0 aromatic heterocycles. The Morgan fingerprint density at radius 2 is 1.67 bits per heavy atom. The fourth-order valence-corrected chi connectivity index (χ4v) is 2.64. The maximum Gasteiger partial charge on any atom is 0.222 e. The van der Waals surface area contributed by atoms with Crippen LogP contribution < -0.4 is 0 Å². The van der Waals surface area contributed by atoms with Gasteiger partial charge in [0.2, 0.25) is 5.91 Å². The summed E-state index contributed by atoms with van der Waals surface area (Å²) in [6.07, 6.45) is 5.01. The third kappa shape index (κ3) is 8.45. The second-order valence-electron chi connectivity index (χ2n) is 8.66. The molecular weight excluding hydrogens is 262 g/mol. The zero-order valence-electron chi connectivity index (χ0n) is 15.0. The van der Waals surface area contributed by atoms with Crippen LogP contribution in [0.3, 0.4) is 0 Å². The molecule has 0 aromatic rings. The Morgan fingerprint density at radius 3 is 2.14 bits per heavy atom. The molecule has 0 aromatic carbocycles. The van der Waals surface area contributed by atoms with Crippen LogP contribution in [0.25, 0.3) is 0 Å². The fraction of sp³-hybridized carbons (Fsp3) is 0.944. The number of ether oxygens (including phenoxy) is 1. The molecule has 0 atom stereocenters. The van der Waals surface area contributed by atoms with Crippen molar-refractivity contribution in [3.63, 3.8) is 0 Å². The first-order valence-electron chi connectivity index (χ1n) is 8.48. The van der Waals surface area contributed by atoms with Gasteiger partial charge in [0.25, 0.3) is 0 Å². The second-order valence-corrected chi connectivity index (χ2v) is 8.66. The van der Waals surface area contributed by atoms with Gasteiger partial charge in [-0.1, -0.05) is 20.8 Å². The minimum Gasteiger partial charge on any atom is -0.376 e. The lowest BCUT2D eigenvalue weighted by Crippen LogP contribution is -2.40. The first kappa shape index (κ1) is 18.5. The van der Waals surface area contributed by atoms with E-state index in [2.05, 4.69) is 46.4 Å². The number of rotatable bonds is 5. The summed E-state index contributed by atoms with van der Waals surface area (Å²) in [5.74, 6) is 0.956. The number of hydrogen-bond acceptors (Lipinski definition) is 2. The van der Waals surface area contributed by atoms with Gasteiger partial charge < -0.3 is 9.64 Å². The predicted octanol–water partition coefficient (Wildman–Crippen LogP) is 4.26.